The lowest BCUT2D eigenvalue weighted by atomic mass is 9.80. The summed E-state index contributed by atoms with van der Waals surface area (Å²) < 4.78 is 119. The Kier molecular flexibility index (Phi) is 53.8. The summed E-state index contributed by atoms with van der Waals surface area (Å²) in [5, 5.41) is 97.7. The molecule has 1 fully saturated rings. The van der Waals surface area contributed by atoms with Crippen molar-refractivity contribution in [2.24, 2.45) is 5.73 Å². The summed E-state index contributed by atoms with van der Waals surface area (Å²) in [5.74, 6) is -3.03. The van der Waals surface area contributed by atoms with Crippen molar-refractivity contribution in [3.8, 4) is 12.3 Å². The molecule has 11 aromatic rings. The highest BCUT2D eigenvalue weighted by Gasteiger charge is 2.44. The summed E-state index contributed by atoms with van der Waals surface area (Å²) in [7, 11) is 5.54. The van der Waals surface area contributed by atoms with Gasteiger partial charge in [0, 0.05) is 98.6 Å². The predicted octanol–water partition coefficient (Wildman–Crippen LogP) is 14.4. The van der Waals surface area contributed by atoms with E-state index in [0.29, 0.717) is 34.9 Å². The van der Waals surface area contributed by atoms with Crippen molar-refractivity contribution in [2.75, 3.05) is 53.5 Å². The number of hydrogen-bond donors (Lipinski definition) is 5. The van der Waals surface area contributed by atoms with Gasteiger partial charge >= 0.3 is 54.1 Å². The van der Waals surface area contributed by atoms with Gasteiger partial charge in [-0.3, -0.25) is 4.79 Å². The lowest BCUT2D eigenvalue weighted by molar-refractivity contribution is -0.145. The van der Waals surface area contributed by atoms with Gasteiger partial charge in [-0.15, -0.1) is 63.3 Å². The number of aliphatic hydroxyl groups is 1. The minimum atomic E-state index is -4.73. The number of aromatic carboxylic acids is 1. The number of carboxylic acids is 1. The van der Waals surface area contributed by atoms with E-state index in [9.17, 15) is 64.7 Å². The number of terminal acetylenes is 1. The third-order valence-electron chi connectivity index (χ3n) is 20.1. The van der Waals surface area contributed by atoms with Gasteiger partial charge in [-0.2, -0.15) is 26.3 Å². The molecule has 1 aromatic carbocycles. The molecule has 1 saturated carbocycles. The van der Waals surface area contributed by atoms with Crippen molar-refractivity contribution in [3.63, 3.8) is 0 Å². The van der Waals surface area contributed by atoms with Crippen LogP contribution in [0.25, 0.3) is 0 Å². The van der Waals surface area contributed by atoms with Crippen LogP contribution >= 0.6 is 0 Å². The van der Waals surface area contributed by atoms with Crippen LogP contribution < -0.4 is 16.4 Å². The van der Waals surface area contributed by atoms with Crippen LogP contribution in [-0.2, 0) is 65.7 Å². The van der Waals surface area contributed by atoms with E-state index in [0.717, 1.165) is 84.5 Å². The van der Waals surface area contributed by atoms with E-state index in [1.54, 1.807) is 53.4 Å². The van der Waals surface area contributed by atoms with E-state index in [1.807, 2.05) is 147 Å². The molecule has 10 aromatic heterocycles. The number of anilines is 1. The standard InChI is InChI=1S/C14H19N5O.C11H20N4.C10H17N3O2.C10H15N3.2C9H12F3N3O2.C9H13N3O4.C9H17N3O.C7H11N3O2.C6H9N3O2/c1-10(2)19-9-11(17-18-19)8-16-14(20)12-6-4-5-7-13(12)15-3;1-9(2)15-8-10(13-14-15)11(12)6-4-3-5-7-11;1-7(2)13-6-8(11-12-13)9(14)15-10(3,4)5;1-4-5-6-7-10-8-13(9(2)3)12-11-10;1-4-17-8(16)6-7(9(10,11)12)13-14-15(6)5(2)3;1-4-17-8(16)6-7(9(10,11)12)15(5(2)3)14-13-6;1-5(2)12-7(9(14)16-4)6(10-11-12)8(13)15-3;1-8(2)12-7-9(10-11-12)5-3-4-6-13;1-5(2)10-4-6(8-9-10)7(11)12-3;1-4(2)9-3-5(6(10)11)7-8-9/h4-7,9-10,15H,8H2,1-3H3,(H,16,20);8-9H,3-7,12H2,1-2H3;6-7H,1-5H3;1,8-9H,5-7H2,2-3H3;2*5H,4H2,1-3H3;5H,1-4H3;7-8,13H,3-6H2,1-2H3;4-5H,1-3H3;3-4H,1-2H3,(H,10,11). The van der Waals surface area contributed by atoms with Gasteiger partial charge in [-0.1, -0.05) is 83.5 Å². The lowest BCUT2D eigenvalue weighted by Gasteiger charge is -2.31. The topological polar surface area (TPSA) is 590 Å². The van der Waals surface area contributed by atoms with Crippen molar-refractivity contribution in [3.05, 3.63) is 147 Å². The van der Waals surface area contributed by atoms with Crippen LogP contribution in [0.3, 0.4) is 0 Å². The Hall–Kier alpha value is -14.8. The quantitative estimate of drug-likeness (QED) is 0.00885. The van der Waals surface area contributed by atoms with Gasteiger partial charge in [0.15, 0.2) is 34.2 Å². The van der Waals surface area contributed by atoms with Gasteiger partial charge in [-0.05, 0) is 230 Å². The van der Waals surface area contributed by atoms with Crippen LogP contribution in [0.4, 0.5) is 32.0 Å². The number of halogens is 6. The van der Waals surface area contributed by atoms with Gasteiger partial charge in [0.25, 0.3) is 5.91 Å². The van der Waals surface area contributed by atoms with Crippen LogP contribution in [0.5, 0.6) is 0 Å². The number of aromatic nitrogens is 30. The second-order valence-electron chi connectivity index (χ2n) is 36.7. The number of methoxy groups -OCH3 is 3. The first-order chi connectivity index (χ1) is 69.8. The summed E-state index contributed by atoms with van der Waals surface area (Å²) in [6.07, 6.45) is 19.4. The van der Waals surface area contributed by atoms with Crippen molar-refractivity contribution in [2.45, 2.75) is 334 Å². The summed E-state index contributed by atoms with van der Waals surface area (Å²) >= 11 is 0. The largest absolute Gasteiger partial charge is 0.476 e. The number of amides is 1. The highest BCUT2D eigenvalue weighted by molar-refractivity contribution is 6.01. The zero-order chi connectivity index (χ0) is 113. The number of aliphatic hydroxyl groups excluding tert-OH is 1. The van der Waals surface area contributed by atoms with Gasteiger partial charge in [0.1, 0.15) is 17.0 Å². The van der Waals surface area contributed by atoms with Crippen LogP contribution in [0, 0.1) is 12.3 Å². The lowest BCUT2D eigenvalue weighted by Crippen LogP contribution is -2.39. The van der Waals surface area contributed by atoms with Crippen LogP contribution in [0.2, 0.25) is 0 Å². The summed E-state index contributed by atoms with van der Waals surface area (Å²) in [4.78, 5) is 90.6. The second-order valence-corrected chi connectivity index (χ2v) is 36.7. The normalized spacial score (nSPS) is 12.0. The number of carbonyl (C=O) groups excluding carboxylic acids is 7. The molecule has 49 nitrogen and oxygen atoms in total. The number of ether oxygens (including phenoxy) is 6. The summed E-state index contributed by atoms with van der Waals surface area (Å²) in [6.45, 7) is 47.1. The number of aryl methyl sites for hydroxylation is 2. The molecule has 1 amide bonds. The molecule has 0 radical (unpaired) electrons. The zero-order valence-corrected chi connectivity index (χ0v) is 90.2. The zero-order valence-electron chi connectivity index (χ0n) is 90.2. The number of para-hydroxylation sites is 1. The number of benzene rings is 1. The minimum Gasteiger partial charge on any atom is -0.476 e. The maximum absolute atomic E-state index is 12.8. The molecule has 0 aliphatic heterocycles. The van der Waals surface area contributed by atoms with E-state index in [2.05, 4.69) is 185 Å². The van der Waals surface area contributed by atoms with Crippen molar-refractivity contribution < 1.29 is 103 Å². The van der Waals surface area contributed by atoms with Crippen molar-refractivity contribution in [1.29, 1.82) is 0 Å². The first-order valence-electron chi connectivity index (χ1n) is 48.2. The number of nitrogens with two attached hydrogens (primary N) is 1. The van der Waals surface area contributed by atoms with Gasteiger partial charge in [-0.25, -0.2) is 80.4 Å². The maximum atomic E-state index is 12.8. The van der Waals surface area contributed by atoms with Crippen molar-refractivity contribution in [1.82, 2.24) is 155 Å². The fourth-order valence-electron chi connectivity index (χ4n) is 12.1. The number of unbranched alkanes of at least 4 members (excludes halogenated alkanes) is 2. The number of hydrogen-bond acceptors (Lipinski definition) is 37. The SMILES string of the molecule is C#CCCCc1cn(C(C)C)nn1.CC(C)n1cc(C(=O)O)nn1.CC(C)n1cc(C(=O)OC(C)(C)C)nn1.CC(C)n1cc(C2(N)CCCCC2)nn1.CC(C)n1cc(CCCCO)nn1.CCOC(=O)c1c(C(F)(F)F)nnn1C(C)C.CCOC(=O)c1nnn(C(C)C)c1C(F)(F)F.CNc1ccccc1C(=O)NCc1cn(C(C)C)nn1.COC(=O)c1cn(C(C)C)nn1.COC(=O)c1nnn(C(C)C)c1C(=O)OC. The molecule has 55 heteroatoms. The molecule has 0 atom stereocenters. The Bertz CT molecular complexity index is 5930. The van der Waals surface area contributed by atoms with Gasteiger partial charge in [0.05, 0.1) is 94.6 Å². The number of rotatable bonds is 31. The van der Waals surface area contributed by atoms with Gasteiger partial charge < -0.3 is 55.0 Å². The Balaban J connectivity index is 0.000000427. The number of esters is 6. The van der Waals surface area contributed by atoms with E-state index in [1.165, 1.54) is 83.8 Å². The number of nitrogens with one attached hydrogen (secondary N) is 2. The predicted molar refractivity (Wildman–Crippen MR) is 530 cm³/mol. The molecule has 0 bridgehead atoms. The Morgan fingerprint density at radius 1 is 0.450 bits per heavy atom. The Labute approximate surface area is 861 Å². The minimum absolute atomic E-state index is 0.00403. The summed E-state index contributed by atoms with van der Waals surface area (Å²) in [5.41, 5.74) is 7.24. The maximum Gasteiger partial charge on any atom is 0.437 e. The molecule has 6 N–H and O–H groups in total. The molecule has 0 spiro atoms. The number of carboxylic acid groups (broad SMARTS) is 1. The molecule has 149 heavy (non-hydrogen) atoms. The molecule has 1 aliphatic carbocycles. The third-order valence-corrected chi connectivity index (χ3v) is 20.1. The fraction of sp³-hybridized carbons (Fsp3) is 0.617. The number of carbonyl (C=O) groups is 8. The Morgan fingerprint density at radius 3 is 1.26 bits per heavy atom. The molecular weight excluding hydrogens is 1960 g/mol. The monoisotopic (exact) mass is 2110 g/mol. The average molecular weight is 2110 g/mol. The number of alkyl halides is 6. The smallest absolute Gasteiger partial charge is 0.437 e. The van der Waals surface area contributed by atoms with Crippen LogP contribution in [0.15, 0.2) is 67.6 Å². The van der Waals surface area contributed by atoms with Gasteiger partial charge in [0.2, 0.25) is 17.1 Å². The van der Waals surface area contributed by atoms with Crippen LogP contribution in [0.1, 0.15) is 409 Å². The average Bonchev–Trinajstić information content (AvgIpc) is 1.64. The molecule has 12 rings (SSSR count). The first kappa shape index (κ1) is 128. The third kappa shape index (κ3) is 42.5. The molecule has 10 heterocycles. The highest BCUT2D eigenvalue weighted by Crippen LogP contribution is 2.36. The van der Waals surface area contributed by atoms with E-state index >= 15 is 0 Å². The van der Waals surface area contributed by atoms with Crippen LogP contribution in [-0.4, -0.2) is 262 Å². The summed E-state index contributed by atoms with van der Waals surface area (Å²) in [6, 6.07) is 8.21. The Morgan fingerprint density at radius 2 is 0.852 bits per heavy atom. The van der Waals surface area contributed by atoms with Crippen molar-refractivity contribution >= 4 is 53.4 Å². The first-order valence-corrected chi connectivity index (χ1v) is 48.2. The second kappa shape index (κ2) is 62.4. The number of nitrogens with zero attached hydrogens (tertiary/aromatic N) is 30. The van der Waals surface area contributed by atoms with E-state index < -0.39 is 94.6 Å². The molecule has 1 aliphatic rings. The fourth-order valence-corrected chi connectivity index (χ4v) is 12.1. The molecule has 824 valence electrons. The van der Waals surface area contributed by atoms with E-state index in [-0.39, 0.29) is 89.9 Å². The highest BCUT2D eigenvalue weighted by atomic mass is 19.4. The molecule has 0 saturated heterocycles. The molecule has 0 unspecified atom stereocenters. The molecular formula is C94H145F6N33O16. The van der Waals surface area contributed by atoms with E-state index in [4.69, 9.17) is 27.1 Å².